The molecular formula is C12H25NO3Sn. The molecule has 0 radical (unpaired) electrons. The first-order valence-electron chi connectivity index (χ1n) is 6.61. The molecule has 0 aliphatic heterocycles. The van der Waals surface area contributed by atoms with Crippen LogP contribution >= 0.6 is 0 Å². The van der Waals surface area contributed by atoms with E-state index in [-0.39, 0.29) is 0 Å². The van der Waals surface area contributed by atoms with Crippen LogP contribution in [0, 0.1) is 0 Å². The van der Waals surface area contributed by atoms with Crippen LogP contribution in [0.5, 0.6) is 0 Å². The first kappa shape index (κ1) is 17.1. The van der Waals surface area contributed by atoms with Gasteiger partial charge in [0.15, 0.2) is 0 Å². The van der Waals surface area contributed by atoms with E-state index in [1.54, 1.807) is 6.08 Å². The molecule has 0 saturated carbocycles. The molecule has 0 saturated heterocycles. The predicted octanol–water partition coefficient (Wildman–Crippen LogP) is 3.30. The number of isocyanates is 1. The molecule has 0 bridgehead atoms. The van der Waals surface area contributed by atoms with Gasteiger partial charge in [0.25, 0.3) is 0 Å². The number of rotatable bonds is 11. The topological polar surface area (TPSA) is 47.9 Å². The van der Waals surface area contributed by atoms with E-state index in [0.717, 1.165) is 36.5 Å². The number of unbranched alkanes of at least 4 members (excludes halogenated alkanes) is 2. The van der Waals surface area contributed by atoms with E-state index < -0.39 is 19.5 Å². The fraction of sp³-hybridized carbons (Fsp3) is 0.917. The van der Waals surface area contributed by atoms with Crippen LogP contribution in [0.15, 0.2) is 3.21 Å². The van der Waals surface area contributed by atoms with Crippen molar-refractivity contribution in [1.82, 2.24) is 0 Å². The van der Waals surface area contributed by atoms with Crippen LogP contribution in [0.3, 0.4) is 0 Å². The number of hydrogen-bond acceptors (Lipinski definition) is 4. The van der Waals surface area contributed by atoms with Crippen LogP contribution in [0.25, 0.3) is 0 Å². The van der Waals surface area contributed by atoms with Gasteiger partial charge in [-0.15, -0.1) is 0 Å². The standard InChI is InChI=1S/2C4H9O.C3H7.CNO.Sn/c2*1-2-3-4-5;1-3-2;2-1-3;/h2*2-4H2,1H3;1,3H2,2H3;;/q2*-1;;-1;+3. The Kier molecular flexibility index (Phi) is 11.3. The maximum absolute atomic E-state index is 10.6. The van der Waals surface area contributed by atoms with E-state index in [0.29, 0.717) is 13.2 Å². The summed E-state index contributed by atoms with van der Waals surface area (Å²) in [4.78, 5) is 10.6. The first-order chi connectivity index (χ1) is 8.24. The van der Waals surface area contributed by atoms with Gasteiger partial charge in [-0.1, -0.05) is 0 Å². The molecule has 0 fully saturated rings. The van der Waals surface area contributed by atoms with Crippen LogP contribution in [-0.4, -0.2) is 38.8 Å². The average molecular weight is 350 g/mol. The van der Waals surface area contributed by atoms with E-state index in [9.17, 15) is 4.79 Å². The average Bonchev–Trinajstić information content (AvgIpc) is 2.30. The summed E-state index contributed by atoms with van der Waals surface area (Å²) in [6, 6.07) is 0. The zero-order valence-electron chi connectivity index (χ0n) is 11.3. The fourth-order valence-electron chi connectivity index (χ4n) is 1.44. The molecular weight excluding hydrogens is 325 g/mol. The first-order valence-corrected chi connectivity index (χ1v) is 12.2. The summed E-state index contributed by atoms with van der Waals surface area (Å²) < 4.78 is 16.5. The third-order valence-electron chi connectivity index (χ3n) is 2.43. The van der Waals surface area contributed by atoms with Crippen LogP contribution in [0.1, 0.15) is 52.9 Å². The Morgan fingerprint density at radius 1 is 1.00 bits per heavy atom. The molecule has 0 heterocycles. The third kappa shape index (κ3) is 7.92. The van der Waals surface area contributed by atoms with Crippen LogP contribution in [0.2, 0.25) is 4.44 Å². The van der Waals surface area contributed by atoms with Crippen LogP contribution < -0.4 is 0 Å². The van der Waals surface area contributed by atoms with Crippen molar-refractivity contribution in [3.05, 3.63) is 0 Å². The van der Waals surface area contributed by atoms with E-state index in [1.165, 1.54) is 0 Å². The van der Waals surface area contributed by atoms with Gasteiger partial charge in [0.05, 0.1) is 0 Å². The quantitative estimate of drug-likeness (QED) is 0.249. The van der Waals surface area contributed by atoms with Crippen LogP contribution in [-0.2, 0) is 10.9 Å². The number of carbonyl (C=O) groups excluding carboxylic acids is 1. The van der Waals surface area contributed by atoms with Crippen molar-refractivity contribution < 1.29 is 10.9 Å². The van der Waals surface area contributed by atoms with E-state index in [1.807, 2.05) is 0 Å². The van der Waals surface area contributed by atoms with Gasteiger partial charge < -0.3 is 0 Å². The molecule has 0 aliphatic carbocycles. The Morgan fingerprint density at radius 2 is 1.53 bits per heavy atom. The zero-order chi connectivity index (χ0) is 13.0. The minimum absolute atomic E-state index is 0.657. The molecule has 5 heteroatoms. The zero-order valence-corrected chi connectivity index (χ0v) is 14.2. The van der Waals surface area contributed by atoms with Gasteiger partial charge >= 0.3 is 110 Å². The maximum atomic E-state index is 10.6. The van der Waals surface area contributed by atoms with Crippen LogP contribution in [0.4, 0.5) is 0 Å². The fourth-order valence-corrected chi connectivity index (χ4v) is 8.04. The summed E-state index contributed by atoms with van der Waals surface area (Å²) >= 11 is -3.47. The van der Waals surface area contributed by atoms with Crippen molar-refractivity contribution in [1.29, 1.82) is 0 Å². The summed E-state index contributed by atoms with van der Waals surface area (Å²) in [7, 11) is 0. The summed E-state index contributed by atoms with van der Waals surface area (Å²) in [5, 5.41) is 0. The predicted molar refractivity (Wildman–Crippen MR) is 70.7 cm³/mol. The molecule has 0 atom stereocenters. The summed E-state index contributed by atoms with van der Waals surface area (Å²) in [5.74, 6) is 0. The molecule has 0 aliphatic rings. The van der Waals surface area contributed by atoms with Crippen molar-refractivity contribution in [2.75, 3.05) is 13.2 Å². The minimum atomic E-state index is -3.47. The SMILES string of the molecule is CCCC[O][Sn]([CH2]CC)([N]=C=O)[O]CCCC. The van der Waals surface area contributed by atoms with Gasteiger partial charge in [0.2, 0.25) is 0 Å². The van der Waals surface area contributed by atoms with Gasteiger partial charge in [0, 0.05) is 0 Å². The Bertz CT molecular complexity index is 220. The Hall–Kier alpha value is 0.0987. The Balaban J connectivity index is 4.42. The third-order valence-corrected chi connectivity index (χ3v) is 10.6. The molecule has 0 amide bonds. The monoisotopic (exact) mass is 351 g/mol. The van der Waals surface area contributed by atoms with Crippen molar-refractivity contribution in [2.24, 2.45) is 3.21 Å². The Morgan fingerprint density at radius 3 is 1.88 bits per heavy atom. The van der Waals surface area contributed by atoms with Crippen molar-refractivity contribution in [2.45, 2.75) is 57.3 Å². The summed E-state index contributed by atoms with van der Waals surface area (Å²) in [6.45, 7) is 7.61. The van der Waals surface area contributed by atoms with Crippen molar-refractivity contribution in [3.63, 3.8) is 0 Å². The molecule has 0 aromatic heterocycles. The van der Waals surface area contributed by atoms with Crippen molar-refractivity contribution in [3.8, 4) is 0 Å². The second-order valence-electron chi connectivity index (χ2n) is 4.07. The molecule has 0 aromatic carbocycles. The normalized spacial score (nSPS) is 11.2. The van der Waals surface area contributed by atoms with Gasteiger partial charge in [-0.2, -0.15) is 0 Å². The van der Waals surface area contributed by atoms with E-state index in [2.05, 4.69) is 24.0 Å². The second kappa shape index (κ2) is 11.2. The molecule has 100 valence electrons. The Labute approximate surface area is 110 Å². The summed E-state index contributed by atoms with van der Waals surface area (Å²) in [5.41, 5.74) is 0. The molecule has 0 N–H and O–H groups in total. The number of hydrogen-bond donors (Lipinski definition) is 0. The molecule has 4 nitrogen and oxygen atoms in total. The van der Waals surface area contributed by atoms with Gasteiger partial charge in [-0.3, -0.25) is 0 Å². The molecule has 0 spiro atoms. The summed E-state index contributed by atoms with van der Waals surface area (Å²) in [6.07, 6.45) is 6.75. The van der Waals surface area contributed by atoms with E-state index >= 15 is 0 Å². The second-order valence-corrected chi connectivity index (χ2v) is 11.9. The van der Waals surface area contributed by atoms with Crippen molar-refractivity contribution >= 4 is 25.6 Å². The van der Waals surface area contributed by atoms with Gasteiger partial charge in [-0.25, -0.2) is 0 Å². The molecule has 17 heavy (non-hydrogen) atoms. The van der Waals surface area contributed by atoms with Gasteiger partial charge in [0.1, 0.15) is 0 Å². The molecule has 0 unspecified atom stereocenters. The molecule has 0 rings (SSSR count). The molecule has 0 aromatic rings. The number of nitrogens with zero attached hydrogens (tertiary/aromatic N) is 1. The van der Waals surface area contributed by atoms with E-state index in [4.69, 9.17) is 6.15 Å². The van der Waals surface area contributed by atoms with Gasteiger partial charge in [-0.05, 0) is 0 Å².